The van der Waals surface area contributed by atoms with Gasteiger partial charge < -0.3 is 14.7 Å². The lowest BCUT2D eigenvalue weighted by Gasteiger charge is -2.29. The van der Waals surface area contributed by atoms with Gasteiger partial charge in [-0.3, -0.25) is 0 Å². The number of aromatic nitrogens is 2. The molecule has 1 aliphatic heterocycles. The average molecular weight is 367 g/mol. The minimum atomic E-state index is 0.193. The monoisotopic (exact) mass is 367 g/mol. The van der Waals surface area contributed by atoms with Gasteiger partial charge in [-0.25, -0.2) is 9.97 Å². The maximum absolute atomic E-state index is 10.2. The van der Waals surface area contributed by atoms with Crippen molar-refractivity contribution in [3.05, 3.63) is 42.5 Å². The molecule has 1 fully saturated rings. The molecule has 1 N–H and O–H groups in total. The molecule has 0 unspecified atom stereocenters. The van der Waals surface area contributed by atoms with E-state index in [4.69, 9.17) is 14.7 Å². The lowest BCUT2D eigenvalue weighted by molar-refractivity contribution is 0.122. The molecule has 3 aromatic rings. The van der Waals surface area contributed by atoms with Crippen molar-refractivity contribution in [1.29, 1.82) is 0 Å². The van der Waals surface area contributed by atoms with E-state index in [1.54, 1.807) is 12.1 Å². The van der Waals surface area contributed by atoms with Gasteiger partial charge in [0.25, 0.3) is 0 Å². The van der Waals surface area contributed by atoms with Crippen LogP contribution >= 0.6 is 11.8 Å². The average Bonchev–Trinajstić information content (AvgIpc) is 2.68. The topological polar surface area (TPSA) is 58.5 Å². The van der Waals surface area contributed by atoms with Crippen molar-refractivity contribution in [3.8, 4) is 17.1 Å². The van der Waals surface area contributed by atoms with E-state index < -0.39 is 0 Å². The van der Waals surface area contributed by atoms with Crippen LogP contribution in [0.3, 0.4) is 0 Å². The minimum absolute atomic E-state index is 0.193. The van der Waals surface area contributed by atoms with Crippen molar-refractivity contribution in [1.82, 2.24) is 9.97 Å². The van der Waals surface area contributed by atoms with Crippen LogP contribution in [-0.4, -0.2) is 47.1 Å². The van der Waals surface area contributed by atoms with Crippen LogP contribution in [0.1, 0.15) is 6.92 Å². The number of morpholine rings is 1. The lowest BCUT2D eigenvalue weighted by Crippen LogP contribution is -2.37. The van der Waals surface area contributed by atoms with Gasteiger partial charge in [0.05, 0.1) is 24.3 Å². The van der Waals surface area contributed by atoms with Crippen LogP contribution in [0, 0.1) is 0 Å². The number of anilines is 1. The van der Waals surface area contributed by atoms with E-state index in [0.717, 1.165) is 35.6 Å². The summed E-state index contributed by atoms with van der Waals surface area (Å²) in [5.74, 6) is 2.68. The predicted molar refractivity (Wildman–Crippen MR) is 106 cm³/mol. The van der Waals surface area contributed by atoms with Crippen LogP contribution in [-0.2, 0) is 4.74 Å². The fourth-order valence-corrected chi connectivity index (χ4v) is 3.85. The number of rotatable bonds is 4. The van der Waals surface area contributed by atoms with Gasteiger partial charge in [0, 0.05) is 23.4 Å². The van der Waals surface area contributed by atoms with Crippen LogP contribution in [0.4, 0.5) is 5.82 Å². The highest BCUT2D eigenvalue weighted by Crippen LogP contribution is 2.33. The minimum Gasteiger partial charge on any atom is -0.507 e. The highest BCUT2D eigenvalue weighted by atomic mass is 32.2. The van der Waals surface area contributed by atoms with E-state index in [2.05, 4.69) is 24.0 Å². The summed E-state index contributed by atoms with van der Waals surface area (Å²) in [6.07, 6.45) is 0. The Morgan fingerprint density at radius 3 is 2.69 bits per heavy atom. The number of fused-ring (bicyclic) bond motifs is 1. The molecule has 2 aromatic carbocycles. The molecule has 1 aromatic heterocycles. The number of phenols is 1. The van der Waals surface area contributed by atoms with E-state index in [-0.39, 0.29) is 5.75 Å². The van der Waals surface area contributed by atoms with Gasteiger partial charge in [0.1, 0.15) is 11.6 Å². The molecule has 134 valence electrons. The Labute approximate surface area is 157 Å². The zero-order chi connectivity index (χ0) is 17.9. The van der Waals surface area contributed by atoms with Crippen LogP contribution in [0.2, 0.25) is 0 Å². The first kappa shape index (κ1) is 17.1. The van der Waals surface area contributed by atoms with Crippen molar-refractivity contribution < 1.29 is 9.84 Å². The number of nitrogens with zero attached hydrogens (tertiary/aromatic N) is 3. The zero-order valence-electron chi connectivity index (χ0n) is 14.7. The molecule has 26 heavy (non-hydrogen) atoms. The van der Waals surface area contributed by atoms with E-state index in [1.807, 2.05) is 30.0 Å². The highest BCUT2D eigenvalue weighted by Gasteiger charge is 2.19. The van der Waals surface area contributed by atoms with Crippen molar-refractivity contribution in [3.63, 3.8) is 0 Å². The first-order valence-electron chi connectivity index (χ1n) is 8.82. The highest BCUT2D eigenvalue weighted by molar-refractivity contribution is 7.99. The van der Waals surface area contributed by atoms with E-state index in [0.29, 0.717) is 24.6 Å². The number of aromatic hydroxyl groups is 1. The summed E-state index contributed by atoms with van der Waals surface area (Å²) in [4.78, 5) is 13.0. The first-order valence-corrected chi connectivity index (χ1v) is 9.80. The predicted octanol–water partition coefficient (Wildman–Crippen LogP) is 3.95. The number of hydrogen-bond acceptors (Lipinski definition) is 6. The third-order valence-corrected chi connectivity index (χ3v) is 5.29. The van der Waals surface area contributed by atoms with Crippen molar-refractivity contribution in [2.45, 2.75) is 11.8 Å². The Hall–Kier alpha value is -2.31. The molecule has 6 heteroatoms. The molecule has 0 atom stereocenters. The Morgan fingerprint density at radius 2 is 1.92 bits per heavy atom. The number of phenolic OH excluding ortho intramolecular Hbond substituents is 1. The van der Waals surface area contributed by atoms with Gasteiger partial charge in [0.2, 0.25) is 0 Å². The van der Waals surface area contributed by atoms with Gasteiger partial charge in [-0.05, 0) is 36.1 Å². The molecule has 0 radical (unpaired) electrons. The Bertz CT molecular complexity index is 926. The summed E-state index contributed by atoms with van der Waals surface area (Å²) in [7, 11) is 0. The number of para-hydroxylation sites is 1. The van der Waals surface area contributed by atoms with Gasteiger partial charge in [-0.15, -0.1) is 11.8 Å². The Morgan fingerprint density at radius 1 is 1.12 bits per heavy atom. The molecule has 0 spiro atoms. The van der Waals surface area contributed by atoms with Crippen LogP contribution < -0.4 is 4.90 Å². The molecule has 1 aliphatic rings. The Balaban J connectivity index is 1.90. The Kier molecular flexibility index (Phi) is 4.95. The third kappa shape index (κ3) is 3.34. The summed E-state index contributed by atoms with van der Waals surface area (Å²) in [6, 6.07) is 13.5. The summed E-state index contributed by atoms with van der Waals surface area (Å²) in [5.41, 5.74) is 1.54. The maximum atomic E-state index is 10.2. The van der Waals surface area contributed by atoms with E-state index in [1.165, 1.54) is 4.90 Å². The van der Waals surface area contributed by atoms with Crippen LogP contribution in [0.5, 0.6) is 5.75 Å². The summed E-state index contributed by atoms with van der Waals surface area (Å²) >= 11 is 1.81. The van der Waals surface area contributed by atoms with Crippen molar-refractivity contribution in [2.75, 3.05) is 37.0 Å². The zero-order valence-corrected chi connectivity index (χ0v) is 15.5. The lowest BCUT2D eigenvalue weighted by atomic mass is 10.1. The normalized spacial score (nSPS) is 14.7. The second-order valence-corrected chi connectivity index (χ2v) is 7.44. The second kappa shape index (κ2) is 7.51. The largest absolute Gasteiger partial charge is 0.507 e. The first-order chi connectivity index (χ1) is 12.8. The summed E-state index contributed by atoms with van der Waals surface area (Å²) in [5, 5.41) is 11.3. The van der Waals surface area contributed by atoms with Crippen LogP contribution in [0.15, 0.2) is 47.4 Å². The SMILES string of the molecule is CCSc1ccc2nc(-c3ccccc3O)nc(N3CCOCC3)c2c1. The molecular weight excluding hydrogens is 346 g/mol. The molecule has 5 nitrogen and oxygen atoms in total. The second-order valence-electron chi connectivity index (χ2n) is 6.10. The van der Waals surface area contributed by atoms with Gasteiger partial charge >= 0.3 is 0 Å². The molecule has 0 amide bonds. The number of thioether (sulfide) groups is 1. The van der Waals surface area contributed by atoms with Crippen molar-refractivity contribution >= 4 is 28.5 Å². The van der Waals surface area contributed by atoms with E-state index in [9.17, 15) is 5.11 Å². The van der Waals surface area contributed by atoms with Gasteiger partial charge in [-0.2, -0.15) is 0 Å². The van der Waals surface area contributed by atoms with E-state index >= 15 is 0 Å². The maximum Gasteiger partial charge on any atom is 0.165 e. The summed E-state index contributed by atoms with van der Waals surface area (Å²) in [6.45, 7) is 5.14. The number of ether oxygens (including phenoxy) is 1. The molecular formula is C20H21N3O2S. The van der Waals surface area contributed by atoms with Crippen LogP contribution in [0.25, 0.3) is 22.3 Å². The number of benzene rings is 2. The van der Waals surface area contributed by atoms with Gasteiger partial charge in [0.15, 0.2) is 5.82 Å². The number of hydrogen-bond donors (Lipinski definition) is 1. The fourth-order valence-electron chi connectivity index (χ4n) is 3.15. The molecule has 0 aliphatic carbocycles. The molecule has 0 saturated carbocycles. The molecule has 1 saturated heterocycles. The van der Waals surface area contributed by atoms with Gasteiger partial charge in [-0.1, -0.05) is 19.1 Å². The molecule has 4 rings (SSSR count). The smallest absolute Gasteiger partial charge is 0.165 e. The molecule has 0 bridgehead atoms. The third-order valence-electron chi connectivity index (χ3n) is 4.41. The summed E-state index contributed by atoms with van der Waals surface area (Å²) < 4.78 is 5.50. The fraction of sp³-hybridized carbons (Fsp3) is 0.300. The standard InChI is InChI=1S/C20H21N3O2S/c1-2-26-14-7-8-17-16(13-14)20(23-9-11-25-12-10-23)22-19(21-17)15-5-3-4-6-18(15)24/h3-8,13,24H,2,9-12H2,1H3. The van der Waals surface area contributed by atoms with Crippen molar-refractivity contribution in [2.24, 2.45) is 0 Å². The quantitative estimate of drug-likeness (QED) is 0.705. The molecule has 2 heterocycles.